The molecule has 0 aliphatic carbocycles. The van der Waals surface area contributed by atoms with Gasteiger partial charge in [-0.3, -0.25) is 9.69 Å². The Hall–Kier alpha value is -1.99. The smallest absolute Gasteiger partial charge is 0.267 e. The van der Waals surface area contributed by atoms with E-state index in [0.29, 0.717) is 25.8 Å². The van der Waals surface area contributed by atoms with E-state index < -0.39 is 0 Å². The molecule has 3 aliphatic rings. The Morgan fingerprint density at radius 2 is 2.15 bits per heavy atom. The molecule has 7 heteroatoms. The average Bonchev–Trinajstić information content (AvgIpc) is 3.29. The Morgan fingerprint density at radius 3 is 3.07 bits per heavy atom. The van der Waals surface area contributed by atoms with E-state index >= 15 is 0 Å². The van der Waals surface area contributed by atoms with Crippen molar-refractivity contribution >= 4 is 0 Å². The summed E-state index contributed by atoms with van der Waals surface area (Å²) in [5.41, 5.74) is 3.13. The van der Waals surface area contributed by atoms with Gasteiger partial charge in [-0.2, -0.15) is 5.10 Å². The number of likely N-dealkylation sites (tertiary alicyclic amines) is 1. The van der Waals surface area contributed by atoms with Gasteiger partial charge in [0.25, 0.3) is 5.56 Å². The predicted molar refractivity (Wildman–Crippen MR) is 100 cm³/mol. The van der Waals surface area contributed by atoms with Crippen LogP contribution in [0, 0.1) is 0 Å². The highest BCUT2D eigenvalue weighted by Crippen LogP contribution is 2.22. The van der Waals surface area contributed by atoms with E-state index in [-0.39, 0.29) is 5.56 Å². The molecule has 5 heterocycles. The third-order valence-corrected chi connectivity index (χ3v) is 6.11. The second-order valence-corrected chi connectivity index (χ2v) is 8.00. The summed E-state index contributed by atoms with van der Waals surface area (Å²) >= 11 is 0. The maximum Gasteiger partial charge on any atom is 0.267 e. The average molecular weight is 369 g/mol. The van der Waals surface area contributed by atoms with E-state index in [1.54, 1.807) is 10.7 Å². The van der Waals surface area contributed by atoms with Gasteiger partial charge in [0, 0.05) is 49.8 Å². The summed E-state index contributed by atoms with van der Waals surface area (Å²) in [7, 11) is 0. The number of hydrogen-bond donors (Lipinski definition) is 0. The number of aromatic nitrogens is 4. The van der Waals surface area contributed by atoms with Gasteiger partial charge in [-0.25, -0.2) is 9.67 Å². The van der Waals surface area contributed by atoms with E-state index in [4.69, 9.17) is 9.72 Å². The molecule has 0 radical (unpaired) electrons. The number of nitrogens with zero attached hydrogens (tertiary/aromatic N) is 5. The minimum absolute atomic E-state index is 0.0106. The van der Waals surface area contributed by atoms with Crippen molar-refractivity contribution in [2.75, 3.05) is 13.2 Å². The fourth-order valence-corrected chi connectivity index (χ4v) is 4.65. The number of fused-ring (bicyclic) bond motifs is 2. The summed E-state index contributed by atoms with van der Waals surface area (Å²) in [6.45, 7) is 4.92. The normalized spacial score (nSPS) is 22.6. The SMILES string of the molecule is O=c1cc2c(nn1CC1CCCN1Cc1cn3c(n1)CCCC3)CCOC2. The Balaban J connectivity index is 1.31. The van der Waals surface area contributed by atoms with Gasteiger partial charge in [0.05, 0.1) is 31.1 Å². The fraction of sp³-hybridized carbons (Fsp3) is 0.650. The molecule has 1 fully saturated rings. The van der Waals surface area contributed by atoms with Crippen LogP contribution in [0.25, 0.3) is 0 Å². The van der Waals surface area contributed by atoms with Crippen molar-refractivity contribution in [3.8, 4) is 0 Å². The van der Waals surface area contributed by atoms with Gasteiger partial charge in [-0.1, -0.05) is 0 Å². The quantitative estimate of drug-likeness (QED) is 0.817. The molecule has 2 aromatic rings. The van der Waals surface area contributed by atoms with Crippen LogP contribution in [0.2, 0.25) is 0 Å². The number of imidazole rings is 1. The molecule has 1 saturated heterocycles. The van der Waals surface area contributed by atoms with Gasteiger partial charge in [0.2, 0.25) is 0 Å². The number of hydrogen-bond acceptors (Lipinski definition) is 5. The molecule has 0 spiro atoms. The van der Waals surface area contributed by atoms with Crippen LogP contribution in [0.5, 0.6) is 0 Å². The van der Waals surface area contributed by atoms with Crippen LogP contribution in [0.1, 0.15) is 48.5 Å². The molecule has 5 rings (SSSR count). The van der Waals surface area contributed by atoms with Crippen molar-refractivity contribution in [1.82, 2.24) is 24.2 Å². The summed E-state index contributed by atoms with van der Waals surface area (Å²) in [6, 6.07) is 2.07. The van der Waals surface area contributed by atoms with E-state index in [9.17, 15) is 4.79 Å². The molecule has 1 unspecified atom stereocenters. The second kappa shape index (κ2) is 7.20. The van der Waals surface area contributed by atoms with E-state index in [1.165, 1.54) is 30.8 Å². The van der Waals surface area contributed by atoms with Gasteiger partial charge >= 0.3 is 0 Å². The van der Waals surface area contributed by atoms with Gasteiger partial charge in [-0.15, -0.1) is 0 Å². The highest BCUT2D eigenvalue weighted by atomic mass is 16.5. The maximum absolute atomic E-state index is 12.5. The summed E-state index contributed by atoms with van der Waals surface area (Å²) < 4.78 is 9.43. The standard InChI is InChI=1S/C20H27N5O2/c26-20-10-15-14-27-9-6-18(15)22-25(20)13-17-4-3-8-23(17)11-16-12-24-7-2-1-5-19(24)21-16/h10,12,17H,1-9,11,13-14H2. The Labute approximate surface area is 159 Å². The number of ether oxygens (including phenoxy) is 1. The van der Waals surface area contributed by atoms with Crippen LogP contribution in [-0.4, -0.2) is 43.4 Å². The Bertz CT molecular complexity index is 863. The molecular formula is C20H27N5O2. The molecule has 0 amide bonds. The molecule has 0 aromatic carbocycles. The van der Waals surface area contributed by atoms with Crippen molar-refractivity contribution < 1.29 is 4.74 Å². The lowest BCUT2D eigenvalue weighted by Crippen LogP contribution is -2.37. The molecule has 1 atom stereocenters. The zero-order valence-corrected chi connectivity index (χ0v) is 15.8. The fourth-order valence-electron chi connectivity index (χ4n) is 4.65. The van der Waals surface area contributed by atoms with Crippen molar-refractivity contribution in [2.24, 2.45) is 0 Å². The van der Waals surface area contributed by atoms with Gasteiger partial charge in [-0.05, 0) is 32.2 Å². The third-order valence-electron chi connectivity index (χ3n) is 6.11. The molecule has 7 nitrogen and oxygen atoms in total. The van der Waals surface area contributed by atoms with E-state index in [1.807, 2.05) is 0 Å². The largest absolute Gasteiger partial charge is 0.376 e. The number of aryl methyl sites for hydroxylation is 2. The summed E-state index contributed by atoms with van der Waals surface area (Å²) in [4.78, 5) is 19.8. The van der Waals surface area contributed by atoms with Crippen LogP contribution >= 0.6 is 0 Å². The van der Waals surface area contributed by atoms with Gasteiger partial charge in [0.15, 0.2) is 0 Å². The minimum Gasteiger partial charge on any atom is -0.376 e. The zero-order chi connectivity index (χ0) is 18.2. The van der Waals surface area contributed by atoms with Crippen molar-refractivity contribution in [1.29, 1.82) is 0 Å². The van der Waals surface area contributed by atoms with Crippen molar-refractivity contribution in [2.45, 2.75) is 70.8 Å². The van der Waals surface area contributed by atoms with Crippen LogP contribution in [0.15, 0.2) is 17.1 Å². The number of rotatable bonds is 4. The lowest BCUT2D eigenvalue weighted by Gasteiger charge is -2.24. The summed E-state index contributed by atoms with van der Waals surface area (Å²) in [5, 5.41) is 4.65. The maximum atomic E-state index is 12.5. The molecule has 0 saturated carbocycles. The summed E-state index contributed by atoms with van der Waals surface area (Å²) in [5.74, 6) is 1.24. The van der Waals surface area contributed by atoms with Crippen molar-refractivity contribution in [3.05, 3.63) is 45.4 Å². The first kappa shape index (κ1) is 17.1. The molecule has 0 N–H and O–H groups in total. The Morgan fingerprint density at radius 1 is 1.19 bits per heavy atom. The predicted octanol–water partition coefficient (Wildman–Crippen LogP) is 1.51. The highest BCUT2D eigenvalue weighted by Gasteiger charge is 2.27. The van der Waals surface area contributed by atoms with Crippen LogP contribution in [-0.2, 0) is 43.8 Å². The first-order chi connectivity index (χ1) is 13.3. The van der Waals surface area contributed by atoms with Crippen LogP contribution in [0.3, 0.4) is 0 Å². The van der Waals surface area contributed by atoms with Crippen LogP contribution < -0.4 is 5.56 Å². The second-order valence-electron chi connectivity index (χ2n) is 8.00. The summed E-state index contributed by atoms with van der Waals surface area (Å²) in [6.07, 6.45) is 8.92. The molecule has 144 valence electrons. The lowest BCUT2D eigenvalue weighted by atomic mass is 10.1. The minimum atomic E-state index is -0.0106. The van der Waals surface area contributed by atoms with E-state index in [2.05, 4.69) is 20.8 Å². The van der Waals surface area contributed by atoms with Crippen molar-refractivity contribution in [3.63, 3.8) is 0 Å². The molecule has 3 aliphatic heterocycles. The zero-order valence-electron chi connectivity index (χ0n) is 15.8. The highest BCUT2D eigenvalue weighted by molar-refractivity contribution is 5.18. The van der Waals surface area contributed by atoms with Gasteiger partial charge < -0.3 is 9.30 Å². The van der Waals surface area contributed by atoms with E-state index in [0.717, 1.165) is 50.2 Å². The monoisotopic (exact) mass is 369 g/mol. The first-order valence-electron chi connectivity index (χ1n) is 10.2. The molecule has 2 aromatic heterocycles. The topological polar surface area (TPSA) is 65.2 Å². The van der Waals surface area contributed by atoms with Gasteiger partial charge in [0.1, 0.15) is 5.82 Å². The molecule has 27 heavy (non-hydrogen) atoms. The molecule has 0 bridgehead atoms. The molecular weight excluding hydrogens is 342 g/mol. The first-order valence-corrected chi connectivity index (χ1v) is 10.2. The Kier molecular flexibility index (Phi) is 4.57. The van der Waals surface area contributed by atoms with Crippen LogP contribution in [0.4, 0.5) is 0 Å². The third kappa shape index (κ3) is 3.46. The lowest BCUT2D eigenvalue weighted by molar-refractivity contribution is 0.107.